The summed E-state index contributed by atoms with van der Waals surface area (Å²) >= 11 is 0. The number of nitrogens with zero attached hydrogens (tertiary/aromatic N) is 2. The number of likely N-dealkylation sites (N-methyl/N-ethyl adjacent to an activating group) is 1. The topological polar surface area (TPSA) is 35.6 Å². The molecular weight excluding hydrogens is 214 g/mol. The Bertz CT molecular complexity index is 240. The van der Waals surface area contributed by atoms with Gasteiger partial charge in [-0.15, -0.1) is 0 Å². The molecule has 0 saturated carbocycles. The van der Waals surface area contributed by atoms with Crippen LogP contribution in [0.2, 0.25) is 0 Å². The maximum atomic E-state index is 11.3. The van der Waals surface area contributed by atoms with Crippen LogP contribution in [-0.4, -0.2) is 62.0 Å². The zero-order valence-corrected chi connectivity index (χ0v) is 11.8. The molecule has 0 aromatic heterocycles. The van der Waals surface area contributed by atoms with Crippen molar-refractivity contribution in [2.75, 3.05) is 46.3 Å². The summed E-state index contributed by atoms with van der Waals surface area (Å²) in [4.78, 5) is 16.0. The van der Waals surface area contributed by atoms with E-state index < -0.39 is 0 Å². The van der Waals surface area contributed by atoms with Crippen molar-refractivity contribution in [3.8, 4) is 0 Å². The third kappa shape index (κ3) is 6.03. The maximum absolute atomic E-state index is 11.3. The summed E-state index contributed by atoms with van der Waals surface area (Å²) < 4.78 is 0. The minimum Gasteiger partial charge on any atom is -0.358 e. The molecule has 17 heavy (non-hydrogen) atoms. The number of rotatable bonds is 4. The molecule has 4 heteroatoms. The minimum atomic E-state index is 0.119. The van der Waals surface area contributed by atoms with E-state index in [1.165, 1.54) is 13.0 Å². The van der Waals surface area contributed by atoms with Crippen molar-refractivity contribution in [1.29, 1.82) is 0 Å². The second-order valence-corrected chi connectivity index (χ2v) is 6.10. The van der Waals surface area contributed by atoms with Gasteiger partial charge in [-0.05, 0) is 18.4 Å². The Morgan fingerprint density at radius 1 is 1.12 bits per heavy atom. The Hall–Kier alpha value is -0.610. The van der Waals surface area contributed by atoms with Gasteiger partial charge < -0.3 is 10.2 Å². The molecule has 0 spiro atoms. The van der Waals surface area contributed by atoms with Gasteiger partial charge in [0.2, 0.25) is 5.91 Å². The number of hydrogen-bond acceptors (Lipinski definition) is 3. The number of nitrogens with one attached hydrogen (secondary N) is 1. The molecule has 0 aliphatic carbocycles. The lowest BCUT2D eigenvalue weighted by molar-refractivity contribution is -0.122. The van der Waals surface area contributed by atoms with Crippen molar-refractivity contribution in [3.63, 3.8) is 0 Å². The number of amides is 1. The van der Waals surface area contributed by atoms with Crippen molar-refractivity contribution >= 4 is 5.91 Å². The van der Waals surface area contributed by atoms with Gasteiger partial charge in [0.25, 0.3) is 0 Å². The standard InChI is InChI=1S/C13H27N3O/c1-13(2,3)5-6-15-7-9-16(10-8-15)11-12(17)14-4/h5-11H2,1-4H3,(H,14,17). The molecule has 0 radical (unpaired) electrons. The second kappa shape index (κ2) is 6.36. The molecule has 1 N–H and O–H groups in total. The maximum Gasteiger partial charge on any atom is 0.233 e. The van der Waals surface area contributed by atoms with E-state index in [1.54, 1.807) is 7.05 Å². The van der Waals surface area contributed by atoms with Gasteiger partial charge in [0.05, 0.1) is 6.54 Å². The largest absolute Gasteiger partial charge is 0.358 e. The predicted octanol–water partition coefficient (Wildman–Crippen LogP) is 0.786. The van der Waals surface area contributed by atoms with Crippen molar-refractivity contribution < 1.29 is 4.79 Å². The molecule has 0 aromatic rings. The number of carbonyl (C=O) groups is 1. The Kier molecular flexibility index (Phi) is 5.40. The van der Waals surface area contributed by atoms with E-state index in [0.717, 1.165) is 26.2 Å². The highest BCUT2D eigenvalue weighted by atomic mass is 16.1. The van der Waals surface area contributed by atoms with Gasteiger partial charge in [0.15, 0.2) is 0 Å². The zero-order valence-electron chi connectivity index (χ0n) is 11.8. The normalized spacial score (nSPS) is 19.3. The van der Waals surface area contributed by atoms with E-state index in [9.17, 15) is 4.79 Å². The number of hydrogen-bond donors (Lipinski definition) is 1. The highest BCUT2D eigenvalue weighted by Crippen LogP contribution is 2.19. The molecule has 100 valence electrons. The molecule has 1 saturated heterocycles. The van der Waals surface area contributed by atoms with Crippen LogP contribution in [0.25, 0.3) is 0 Å². The summed E-state index contributed by atoms with van der Waals surface area (Å²) in [5.41, 5.74) is 0.416. The van der Waals surface area contributed by atoms with Crippen molar-refractivity contribution in [3.05, 3.63) is 0 Å². The van der Waals surface area contributed by atoms with Gasteiger partial charge in [0.1, 0.15) is 0 Å². The smallest absolute Gasteiger partial charge is 0.233 e. The minimum absolute atomic E-state index is 0.119. The van der Waals surface area contributed by atoms with Crippen LogP contribution >= 0.6 is 0 Å². The van der Waals surface area contributed by atoms with Crippen LogP contribution in [0.15, 0.2) is 0 Å². The molecule has 1 aliphatic rings. The molecule has 4 nitrogen and oxygen atoms in total. The van der Waals surface area contributed by atoms with Crippen molar-refractivity contribution in [1.82, 2.24) is 15.1 Å². The third-order valence-corrected chi connectivity index (χ3v) is 3.29. The first-order valence-corrected chi connectivity index (χ1v) is 6.56. The molecule has 1 aliphatic heterocycles. The van der Waals surface area contributed by atoms with Gasteiger partial charge in [-0.2, -0.15) is 0 Å². The van der Waals surface area contributed by atoms with E-state index in [2.05, 4.69) is 35.9 Å². The molecule has 0 atom stereocenters. The molecular formula is C13H27N3O. The summed E-state index contributed by atoms with van der Waals surface area (Å²) in [6.07, 6.45) is 1.24. The Balaban J connectivity index is 2.19. The van der Waals surface area contributed by atoms with Crippen LogP contribution in [-0.2, 0) is 4.79 Å². The summed E-state index contributed by atoms with van der Waals surface area (Å²) in [6, 6.07) is 0. The molecule has 1 fully saturated rings. The van der Waals surface area contributed by atoms with Crippen LogP contribution in [0, 0.1) is 5.41 Å². The first-order chi connectivity index (χ1) is 7.90. The SMILES string of the molecule is CNC(=O)CN1CCN(CCC(C)(C)C)CC1. The molecule has 1 amide bonds. The quantitative estimate of drug-likeness (QED) is 0.790. The van der Waals surface area contributed by atoms with Gasteiger partial charge >= 0.3 is 0 Å². The lowest BCUT2D eigenvalue weighted by atomic mass is 9.92. The van der Waals surface area contributed by atoms with E-state index >= 15 is 0 Å². The van der Waals surface area contributed by atoms with Crippen LogP contribution < -0.4 is 5.32 Å². The summed E-state index contributed by atoms with van der Waals surface area (Å²) in [5.74, 6) is 0.119. The average Bonchev–Trinajstić information content (AvgIpc) is 2.27. The van der Waals surface area contributed by atoms with Gasteiger partial charge in [-0.1, -0.05) is 20.8 Å². The van der Waals surface area contributed by atoms with E-state index in [0.29, 0.717) is 12.0 Å². The van der Waals surface area contributed by atoms with Gasteiger partial charge in [-0.25, -0.2) is 0 Å². The highest BCUT2D eigenvalue weighted by molar-refractivity contribution is 5.77. The number of piperazine rings is 1. The summed E-state index contributed by atoms with van der Waals surface area (Å²) in [6.45, 7) is 12.8. The molecule has 0 aromatic carbocycles. The van der Waals surface area contributed by atoms with Gasteiger partial charge in [-0.3, -0.25) is 9.69 Å². The molecule has 0 unspecified atom stereocenters. The number of carbonyl (C=O) groups excluding carboxylic acids is 1. The van der Waals surface area contributed by atoms with Crippen molar-refractivity contribution in [2.45, 2.75) is 27.2 Å². The fourth-order valence-corrected chi connectivity index (χ4v) is 1.95. The van der Waals surface area contributed by atoms with Crippen LogP contribution in [0.1, 0.15) is 27.2 Å². The highest BCUT2D eigenvalue weighted by Gasteiger charge is 2.19. The molecule has 1 heterocycles. The second-order valence-electron chi connectivity index (χ2n) is 6.10. The lowest BCUT2D eigenvalue weighted by Gasteiger charge is -2.35. The Morgan fingerprint density at radius 3 is 2.12 bits per heavy atom. The average molecular weight is 241 g/mol. The van der Waals surface area contributed by atoms with Crippen LogP contribution in [0.5, 0.6) is 0 Å². The van der Waals surface area contributed by atoms with Crippen LogP contribution in [0.3, 0.4) is 0 Å². The fraction of sp³-hybridized carbons (Fsp3) is 0.923. The monoisotopic (exact) mass is 241 g/mol. The van der Waals surface area contributed by atoms with E-state index in [-0.39, 0.29) is 5.91 Å². The van der Waals surface area contributed by atoms with E-state index in [1.807, 2.05) is 0 Å². The van der Waals surface area contributed by atoms with E-state index in [4.69, 9.17) is 0 Å². The lowest BCUT2D eigenvalue weighted by Crippen LogP contribution is -2.49. The zero-order chi connectivity index (χ0) is 12.9. The van der Waals surface area contributed by atoms with Crippen LogP contribution in [0.4, 0.5) is 0 Å². The Morgan fingerprint density at radius 2 is 1.65 bits per heavy atom. The summed E-state index contributed by atoms with van der Waals surface area (Å²) in [7, 11) is 1.70. The first kappa shape index (κ1) is 14.5. The third-order valence-electron chi connectivity index (χ3n) is 3.29. The molecule has 0 bridgehead atoms. The first-order valence-electron chi connectivity index (χ1n) is 6.56. The predicted molar refractivity (Wildman–Crippen MR) is 71.0 cm³/mol. The summed E-state index contributed by atoms with van der Waals surface area (Å²) in [5, 5.41) is 2.67. The Labute approximate surface area is 105 Å². The van der Waals surface area contributed by atoms with Crippen molar-refractivity contribution in [2.24, 2.45) is 5.41 Å². The fourth-order valence-electron chi connectivity index (χ4n) is 1.95. The van der Waals surface area contributed by atoms with Gasteiger partial charge in [0, 0.05) is 33.2 Å². The molecule has 1 rings (SSSR count).